The smallest absolute Gasteiger partial charge is 0.285 e. The molecule has 0 bridgehead atoms. The average molecular weight is 401 g/mol. The number of amidine groups is 1. The van der Waals surface area contributed by atoms with Crippen LogP contribution in [-0.2, 0) is 14.8 Å². The number of hydrogen-bond acceptors (Lipinski definition) is 5. The maximum Gasteiger partial charge on any atom is 0.285 e. The Balaban J connectivity index is 0.00000243. The van der Waals surface area contributed by atoms with Gasteiger partial charge in [0.05, 0.1) is 0 Å². The number of nitrogens with zero attached hydrogens (tertiary/aromatic N) is 2. The highest BCUT2D eigenvalue weighted by Crippen LogP contribution is 2.29. The fourth-order valence-electron chi connectivity index (χ4n) is 3.29. The first-order valence-electron chi connectivity index (χ1n) is 8.64. The van der Waals surface area contributed by atoms with Crippen molar-refractivity contribution >= 4 is 34.2 Å². The summed E-state index contributed by atoms with van der Waals surface area (Å²) in [7, 11) is -1.70. The Morgan fingerprint density at radius 2 is 1.92 bits per heavy atom. The fourth-order valence-corrected chi connectivity index (χ4v) is 4.52. The molecular formula is C17H25ClN4O3S. The van der Waals surface area contributed by atoms with Gasteiger partial charge in [0.1, 0.15) is 4.90 Å². The predicted octanol–water partition coefficient (Wildman–Crippen LogP) is 0.995. The van der Waals surface area contributed by atoms with Crippen LogP contribution in [0.25, 0.3) is 0 Å². The second-order valence-corrected chi connectivity index (χ2v) is 7.97. The minimum Gasteiger partial charge on any atom is -0.356 e. The van der Waals surface area contributed by atoms with E-state index in [0.29, 0.717) is 43.9 Å². The summed E-state index contributed by atoms with van der Waals surface area (Å²) in [5.41, 5.74) is 0.664. The number of carbonyl (C=O) groups is 1. The number of hydrogen-bond donors (Lipinski definition) is 2. The van der Waals surface area contributed by atoms with Gasteiger partial charge in [-0.2, -0.15) is 8.42 Å². The zero-order chi connectivity index (χ0) is 17.9. The molecule has 1 aromatic carbocycles. The van der Waals surface area contributed by atoms with E-state index < -0.39 is 10.0 Å². The van der Waals surface area contributed by atoms with Gasteiger partial charge in [-0.1, -0.05) is 12.1 Å². The van der Waals surface area contributed by atoms with Gasteiger partial charge in [0.25, 0.3) is 10.0 Å². The minimum atomic E-state index is -3.59. The van der Waals surface area contributed by atoms with E-state index in [1.54, 1.807) is 18.2 Å². The van der Waals surface area contributed by atoms with Gasteiger partial charge >= 0.3 is 0 Å². The lowest BCUT2D eigenvalue weighted by Crippen LogP contribution is -2.43. The Kier molecular flexibility index (Phi) is 7.02. The summed E-state index contributed by atoms with van der Waals surface area (Å²) in [5.74, 6) is 0.598. The second kappa shape index (κ2) is 8.83. The molecule has 1 fully saturated rings. The number of sulfonamides is 1. The molecule has 2 aliphatic rings. The fraction of sp³-hybridized carbons (Fsp3) is 0.529. The third-order valence-corrected chi connectivity index (χ3v) is 6.01. The Bertz CT molecular complexity index is 774. The van der Waals surface area contributed by atoms with Crippen LogP contribution in [0.1, 0.15) is 24.8 Å². The van der Waals surface area contributed by atoms with E-state index in [9.17, 15) is 13.2 Å². The van der Waals surface area contributed by atoms with Crippen LogP contribution >= 0.6 is 12.4 Å². The molecule has 2 N–H and O–H groups in total. The van der Waals surface area contributed by atoms with Crippen molar-refractivity contribution in [2.75, 3.05) is 33.2 Å². The summed E-state index contributed by atoms with van der Waals surface area (Å²) >= 11 is 0. The number of halogens is 1. The molecule has 26 heavy (non-hydrogen) atoms. The first-order valence-corrected chi connectivity index (χ1v) is 10.1. The van der Waals surface area contributed by atoms with Gasteiger partial charge < -0.3 is 15.5 Å². The molecule has 144 valence electrons. The molecule has 1 saturated heterocycles. The molecule has 7 nitrogen and oxygen atoms in total. The number of benzene rings is 1. The van der Waals surface area contributed by atoms with Crippen molar-refractivity contribution < 1.29 is 13.2 Å². The summed E-state index contributed by atoms with van der Waals surface area (Å²) in [6.45, 7) is 2.83. The minimum absolute atomic E-state index is 0. The number of piperidine rings is 1. The first-order chi connectivity index (χ1) is 12.0. The normalized spacial score (nSPS) is 18.7. The number of fused-ring (bicyclic) bond motifs is 1. The largest absolute Gasteiger partial charge is 0.356 e. The van der Waals surface area contributed by atoms with E-state index in [4.69, 9.17) is 0 Å². The molecule has 2 heterocycles. The van der Waals surface area contributed by atoms with Crippen LogP contribution in [-0.4, -0.2) is 58.3 Å². The SMILES string of the molecule is CNCCCNC(=O)C1CCN(C2=NS(=O)(=O)c3ccccc32)CC1.Cl. The highest BCUT2D eigenvalue weighted by atomic mass is 35.5. The van der Waals surface area contributed by atoms with Crippen LogP contribution in [0.2, 0.25) is 0 Å². The molecule has 0 aromatic heterocycles. The maximum atomic E-state index is 12.2. The van der Waals surface area contributed by atoms with Crippen molar-refractivity contribution in [3.05, 3.63) is 29.8 Å². The van der Waals surface area contributed by atoms with Gasteiger partial charge in [0.15, 0.2) is 5.84 Å². The molecule has 0 atom stereocenters. The van der Waals surface area contributed by atoms with Gasteiger partial charge in [-0.05, 0) is 45.0 Å². The van der Waals surface area contributed by atoms with Gasteiger partial charge in [0, 0.05) is 31.1 Å². The zero-order valence-electron chi connectivity index (χ0n) is 14.8. The number of carbonyl (C=O) groups excluding carboxylic acids is 1. The number of likely N-dealkylation sites (tertiary alicyclic amines) is 1. The summed E-state index contributed by atoms with van der Waals surface area (Å²) in [4.78, 5) is 14.5. The third-order valence-electron chi connectivity index (χ3n) is 4.68. The Morgan fingerprint density at radius 1 is 1.23 bits per heavy atom. The molecule has 9 heteroatoms. The molecule has 1 amide bonds. The summed E-state index contributed by atoms with van der Waals surface area (Å²) < 4.78 is 28.3. The van der Waals surface area contributed by atoms with Crippen LogP contribution in [0.4, 0.5) is 0 Å². The molecule has 2 aliphatic heterocycles. The van der Waals surface area contributed by atoms with Gasteiger partial charge in [-0.15, -0.1) is 16.8 Å². The molecular weight excluding hydrogens is 376 g/mol. The lowest BCUT2D eigenvalue weighted by atomic mass is 9.95. The zero-order valence-corrected chi connectivity index (χ0v) is 16.4. The lowest BCUT2D eigenvalue weighted by molar-refractivity contribution is -0.126. The molecule has 0 radical (unpaired) electrons. The quantitative estimate of drug-likeness (QED) is 0.719. The topological polar surface area (TPSA) is 90.9 Å². The summed E-state index contributed by atoms with van der Waals surface area (Å²) in [5, 5.41) is 6.03. The van der Waals surface area contributed by atoms with Crippen molar-refractivity contribution in [1.29, 1.82) is 0 Å². The third kappa shape index (κ3) is 4.36. The van der Waals surface area contributed by atoms with Crippen LogP contribution in [0.5, 0.6) is 0 Å². The van der Waals surface area contributed by atoms with Crippen LogP contribution in [0.15, 0.2) is 33.6 Å². The highest BCUT2D eigenvalue weighted by Gasteiger charge is 2.34. The van der Waals surface area contributed by atoms with E-state index in [0.717, 1.165) is 13.0 Å². The van der Waals surface area contributed by atoms with Crippen LogP contribution in [0.3, 0.4) is 0 Å². The van der Waals surface area contributed by atoms with E-state index in [1.165, 1.54) is 0 Å². The van der Waals surface area contributed by atoms with Gasteiger partial charge in [-0.25, -0.2) is 0 Å². The number of amides is 1. The Hall–Kier alpha value is -1.64. The van der Waals surface area contributed by atoms with E-state index >= 15 is 0 Å². The summed E-state index contributed by atoms with van der Waals surface area (Å²) in [6.07, 6.45) is 2.32. The maximum absolute atomic E-state index is 12.2. The number of rotatable bonds is 5. The first kappa shape index (κ1) is 20.7. The van der Waals surface area contributed by atoms with Crippen molar-refractivity contribution in [3.63, 3.8) is 0 Å². The van der Waals surface area contributed by atoms with Gasteiger partial charge in [0.2, 0.25) is 5.91 Å². The molecule has 0 saturated carbocycles. The van der Waals surface area contributed by atoms with E-state index in [2.05, 4.69) is 15.0 Å². The lowest BCUT2D eigenvalue weighted by Gasteiger charge is -2.32. The monoisotopic (exact) mass is 400 g/mol. The molecule has 0 spiro atoms. The number of nitrogens with one attached hydrogen (secondary N) is 2. The van der Waals surface area contributed by atoms with Crippen molar-refractivity contribution in [3.8, 4) is 0 Å². The average Bonchev–Trinajstić information content (AvgIpc) is 2.90. The summed E-state index contributed by atoms with van der Waals surface area (Å²) in [6, 6.07) is 6.91. The van der Waals surface area contributed by atoms with Crippen LogP contribution < -0.4 is 10.6 Å². The predicted molar refractivity (Wildman–Crippen MR) is 103 cm³/mol. The van der Waals surface area contributed by atoms with Crippen molar-refractivity contribution in [2.45, 2.75) is 24.2 Å². The van der Waals surface area contributed by atoms with Crippen molar-refractivity contribution in [1.82, 2.24) is 15.5 Å². The van der Waals surface area contributed by atoms with E-state index in [1.807, 2.05) is 18.0 Å². The standard InChI is InChI=1S/C17H24N4O3S.ClH/c1-18-9-4-10-19-17(22)13-7-11-21(12-8-13)16-14-5-2-3-6-15(14)25(23,24)20-16;/h2-3,5-6,13,18H,4,7-12H2,1H3,(H,19,22);1H. The van der Waals surface area contributed by atoms with E-state index in [-0.39, 0.29) is 29.1 Å². The molecule has 0 aliphatic carbocycles. The second-order valence-electron chi connectivity index (χ2n) is 6.40. The van der Waals surface area contributed by atoms with Crippen LogP contribution in [0, 0.1) is 5.92 Å². The van der Waals surface area contributed by atoms with Crippen molar-refractivity contribution in [2.24, 2.45) is 10.3 Å². The Labute approximate surface area is 160 Å². The Morgan fingerprint density at radius 3 is 2.62 bits per heavy atom. The molecule has 3 rings (SSSR count). The highest BCUT2D eigenvalue weighted by molar-refractivity contribution is 7.90. The molecule has 1 aromatic rings. The molecule has 0 unspecified atom stereocenters. The van der Waals surface area contributed by atoms with Gasteiger partial charge in [-0.3, -0.25) is 4.79 Å².